The molecule has 1 unspecified atom stereocenters. The van der Waals surface area contributed by atoms with Crippen molar-refractivity contribution in [3.8, 4) is 0 Å². The fourth-order valence-corrected chi connectivity index (χ4v) is 3.24. The lowest BCUT2D eigenvalue weighted by Crippen LogP contribution is -2.22. The summed E-state index contributed by atoms with van der Waals surface area (Å²) in [4.78, 5) is 11.9. The van der Waals surface area contributed by atoms with Gasteiger partial charge in [0.1, 0.15) is 6.61 Å². The summed E-state index contributed by atoms with van der Waals surface area (Å²) in [6.45, 7) is 3.77. The van der Waals surface area contributed by atoms with Gasteiger partial charge in [0.15, 0.2) is 0 Å². The molecule has 1 aliphatic heterocycles. The molecule has 0 spiro atoms. The van der Waals surface area contributed by atoms with Crippen LogP contribution in [0.25, 0.3) is 0 Å². The van der Waals surface area contributed by atoms with Crippen molar-refractivity contribution in [2.24, 2.45) is 0 Å². The summed E-state index contributed by atoms with van der Waals surface area (Å²) in [6.07, 6.45) is 0. The van der Waals surface area contributed by atoms with Gasteiger partial charge in [0.05, 0.1) is 8.66 Å². The van der Waals surface area contributed by atoms with Gasteiger partial charge in [0.2, 0.25) is 5.79 Å². The van der Waals surface area contributed by atoms with Crippen molar-refractivity contribution in [3.05, 3.63) is 20.3 Å². The van der Waals surface area contributed by atoms with Crippen LogP contribution in [0, 0.1) is 6.92 Å². The number of carbonyl (C=O) groups is 1. The Labute approximate surface area is 94.1 Å². The van der Waals surface area contributed by atoms with E-state index in [9.17, 15) is 4.79 Å². The van der Waals surface area contributed by atoms with E-state index in [1.165, 1.54) is 11.3 Å². The molecule has 14 heavy (non-hydrogen) atoms. The fraction of sp³-hybridized carbons (Fsp3) is 0.444. The van der Waals surface area contributed by atoms with E-state index in [4.69, 9.17) is 9.47 Å². The first-order valence-electron chi connectivity index (χ1n) is 4.13. The van der Waals surface area contributed by atoms with E-state index in [2.05, 4.69) is 15.9 Å². The lowest BCUT2D eigenvalue weighted by atomic mass is 10.2. The summed E-state index contributed by atoms with van der Waals surface area (Å²) in [7, 11) is 0. The maximum atomic E-state index is 11.0. The highest BCUT2D eigenvalue weighted by atomic mass is 79.9. The van der Waals surface area contributed by atoms with Gasteiger partial charge in [0, 0.05) is 6.92 Å². The van der Waals surface area contributed by atoms with Gasteiger partial charge in [-0.15, -0.1) is 11.3 Å². The molecule has 0 bridgehead atoms. The molecule has 0 saturated carbocycles. The molecule has 1 aromatic rings. The van der Waals surface area contributed by atoms with Crippen molar-refractivity contribution in [1.82, 2.24) is 0 Å². The first-order chi connectivity index (χ1) is 6.51. The predicted molar refractivity (Wildman–Crippen MR) is 56.2 cm³/mol. The van der Waals surface area contributed by atoms with Gasteiger partial charge in [0.25, 0.3) is 0 Å². The van der Waals surface area contributed by atoms with Crippen LogP contribution in [0.1, 0.15) is 17.4 Å². The third-order valence-electron chi connectivity index (χ3n) is 2.07. The van der Waals surface area contributed by atoms with Crippen LogP contribution in [0.5, 0.6) is 0 Å². The molecular formula is C9H9BrO3S. The summed E-state index contributed by atoms with van der Waals surface area (Å²) in [5.41, 5.74) is 1.07. The van der Waals surface area contributed by atoms with Gasteiger partial charge < -0.3 is 9.47 Å². The number of hydrogen-bond donors (Lipinski definition) is 0. The largest absolute Gasteiger partial charge is 0.426 e. The van der Waals surface area contributed by atoms with Gasteiger partial charge in [-0.05, 0) is 34.5 Å². The van der Waals surface area contributed by atoms with Crippen LogP contribution in [-0.4, -0.2) is 12.6 Å². The van der Waals surface area contributed by atoms with Crippen LogP contribution >= 0.6 is 27.3 Å². The number of ether oxygens (including phenoxy) is 2. The Morgan fingerprint density at radius 1 is 1.64 bits per heavy atom. The van der Waals surface area contributed by atoms with E-state index in [-0.39, 0.29) is 12.6 Å². The van der Waals surface area contributed by atoms with Gasteiger partial charge in [-0.1, -0.05) is 0 Å². The number of hydrogen-bond acceptors (Lipinski definition) is 4. The van der Waals surface area contributed by atoms with E-state index in [1.807, 2.05) is 13.0 Å². The first kappa shape index (κ1) is 10.1. The Morgan fingerprint density at radius 3 is 2.79 bits per heavy atom. The van der Waals surface area contributed by atoms with Crippen LogP contribution in [0.3, 0.4) is 0 Å². The molecule has 1 atom stereocenters. The third kappa shape index (κ3) is 1.60. The van der Waals surface area contributed by atoms with Gasteiger partial charge in [-0.3, -0.25) is 0 Å². The second kappa shape index (κ2) is 3.32. The lowest BCUT2D eigenvalue weighted by Gasteiger charge is -2.20. The van der Waals surface area contributed by atoms with Crippen LogP contribution < -0.4 is 0 Å². The maximum Gasteiger partial charge on any atom is 0.335 e. The van der Waals surface area contributed by atoms with Crippen molar-refractivity contribution in [2.45, 2.75) is 19.6 Å². The molecule has 1 fully saturated rings. The molecule has 0 N–H and O–H groups in total. The molecule has 2 heterocycles. The minimum Gasteiger partial charge on any atom is -0.426 e. The van der Waals surface area contributed by atoms with Gasteiger partial charge in [-0.25, -0.2) is 4.79 Å². The second-order valence-electron chi connectivity index (χ2n) is 3.27. The smallest absolute Gasteiger partial charge is 0.335 e. The zero-order valence-electron chi connectivity index (χ0n) is 7.80. The van der Waals surface area contributed by atoms with Crippen molar-refractivity contribution in [1.29, 1.82) is 0 Å². The second-order valence-corrected chi connectivity index (χ2v) is 5.70. The van der Waals surface area contributed by atoms with Gasteiger partial charge in [-0.2, -0.15) is 0 Å². The highest BCUT2D eigenvalue weighted by Gasteiger charge is 2.41. The maximum absolute atomic E-state index is 11.0. The summed E-state index contributed by atoms with van der Waals surface area (Å²) in [6, 6.07) is 1.99. The number of aryl methyl sites for hydroxylation is 1. The normalized spacial score (nSPS) is 26.6. The van der Waals surface area contributed by atoms with Crippen molar-refractivity contribution in [2.75, 3.05) is 6.61 Å². The highest BCUT2D eigenvalue weighted by Crippen LogP contribution is 2.40. The number of cyclic esters (lactones) is 1. The quantitative estimate of drug-likeness (QED) is 0.740. The molecule has 1 aliphatic rings. The summed E-state index contributed by atoms with van der Waals surface area (Å²) >= 11 is 4.92. The SMILES string of the molecule is Cc1cc(Br)sc1C1(C)OCC(=O)O1. The zero-order valence-corrected chi connectivity index (χ0v) is 10.2. The van der Waals surface area contributed by atoms with Crippen LogP contribution in [-0.2, 0) is 20.1 Å². The molecule has 5 heteroatoms. The first-order valence-corrected chi connectivity index (χ1v) is 5.74. The topological polar surface area (TPSA) is 35.5 Å². The Hall–Kier alpha value is -0.390. The van der Waals surface area contributed by atoms with Crippen molar-refractivity contribution < 1.29 is 14.3 Å². The molecule has 0 radical (unpaired) electrons. The van der Waals surface area contributed by atoms with E-state index >= 15 is 0 Å². The fourth-order valence-electron chi connectivity index (χ4n) is 1.48. The molecule has 0 aliphatic carbocycles. The zero-order chi connectivity index (χ0) is 10.3. The number of rotatable bonds is 1. The van der Waals surface area contributed by atoms with Crippen molar-refractivity contribution in [3.63, 3.8) is 0 Å². The lowest BCUT2D eigenvalue weighted by molar-refractivity contribution is -0.169. The number of carbonyl (C=O) groups excluding carboxylic acids is 1. The summed E-state index contributed by atoms with van der Waals surface area (Å²) in [5.74, 6) is -1.20. The highest BCUT2D eigenvalue weighted by molar-refractivity contribution is 9.11. The third-order valence-corrected chi connectivity index (χ3v) is 4.00. The Bertz CT molecular complexity index is 387. The van der Waals surface area contributed by atoms with Crippen LogP contribution in [0.2, 0.25) is 0 Å². The minimum atomic E-state index is -0.891. The van der Waals surface area contributed by atoms with E-state index < -0.39 is 5.79 Å². The number of halogens is 1. The monoisotopic (exact) mass is 276 g/mol. The number of thiophene rings is 1. The van der Waals surface area contributed by atoms with E-state index in [0.29, 0.717) is 0 Å². The molecular weight excluding hydrogens is 268 g/mol. The Kier molecular flexibility index (Phi) is 2.41. The summed E-state index contributed by atoms with van der Waals surface area (Å²) < 4.78 is 11.5. The average Bonchev–Trinajstić information content (AvgIpc) is 2.57. The Balaban J connectivity index is 2.39. The molecule has 0 amide bonds. The molecule has 2 rings (SSSR count). The van der Waals surface area contributed by atoms with Crippen molar-refractivity contribution >= 4 is 33.2 Å². The van der Waals surface area contributed by atoms with E-state index in [1.54, 1.807) is 6.92 Å². The molecule has 76 valence electrons. The molecule has 1 aromatic heterocycles. The van der Waals surface area contributed by atoms with Crippen LogP contribution in [0.4, 0.5) is 0 Å². The molecule has 3 nitrogen and oxygen atoms in total. The number of esters is 1. The standard InChI is InChI=1S/C9H9BrO3S/c1-5-3-6(10)14-8(5)9(2)12-4-7(11)13-9/h3H,4H2,1-2H3. The molecule has 0 aromatic carbocycles. The van der Waals surface area contributed by atoms with E-state index in [0.717, 1.165) is 14.2 Å². The van der Waals surface area contributed by atoms with Crippen LogP contribution in [0.15, 0.2) is 9.85 Å². The van der Waals surface area contributed by atoms with Gasteiger partial charge >= 0.3 is 5.97 Å². The average molecular weight is 277 g/mol. The Morgan fingerprint density at radius 2 is 2.36 bits per heavy atom. The molecule has 1 saturated heterocycles. The predicted octanol–water partition coefficient (Wildman–Crippen LogP) is 2.57. The minimum absolute atomic E-state index is 0.0332. The summed E-state index contributed by atoms with van der Waals surface area (Å²) in [5, 5.41) is 0.